The molecule has 168 valence electrons. The zero-order valence-corrected chi connectivity index (χ0v) is 20.7. The summed E-state index contributed by atoms with van der Waals surface area (Å²) in [5, 5.41) is 0. The number of carbonyl (C=O) groups is 1. The van der Waals surface area contributed by atoms with Gasteiger partial charge in [0.2, 0.25) is 0 Å². The van der Waals surface area contributed by atoms with E-state index in [2.05, 4.69) is 32.9 Å². The molecule has 0 aliphatic carbocycles. The van der Waals surface area contributed by atoms with Gasteiger partial charge in [0.05, 0.1) is 6.61 Å². The molecule has 29 heavy (non-hydrogen) atoms. The molecule has 0 saturated carbocycles. The van der Waals surface area contributed by atoms with Gasteiger partial charge in [0.15, 0.2) is 0 Å². The van der Waals surface area contributed by atoms with Crippen LogP contribution in [0.25, 0.3) is 0 Å². The van der Waals surface area contributed by atoms with Crippen molar-refractivity contribution in [1.82, 2.24) is 9.13 Å². The van der Waals surface area contributed by atoms with Crippen molar-refractivity contribution in [1.29, 1.82) is 0 Å². The van der Waals surface area contributed by atoms with Gasteiger partial charge in [-0.1, -0.05) is 63.9 Å². The van der Waals surface area contributed by atoms with Gasteiger partial charge in [-0.15, -0.1) is 0 Å². The van der Waals surface area contributed by atoms with Crippen LogP contribution >= 0.6 is 12.2 Å². The first-order chi connectivity index (χ1) is 13.7. The maximum absolute atomic E-state index is 11.4. The average molecular weight is 427 g/mol. The fourth-order valence-corrected chi connectivity index (χ4v) is 2.60. The number of hydrogen-bond acceptors (Lipinski definition) is 4. The number of allylic oxidation sites excluding steroid dienone is 2. The number of hydrogen-bond donors (Lipinski definition) is 0. The van der Waals surface area contributed by atoms with Crippen LogP contribution in [0.3, 0.4) is 0 Å². The molecule has 0 unspecified atom stereocenters. The van der Waals surface area contributed by atoms with Crippen LogP contribution in [0.1, 0.15) is 83.9 Å². The molecule has 0 radical (unpaired) electrons. The highest BCUT2D eigenvalue weighted by atomic mass is 32.1. The Morgan fingerprint density at radius 3 is 2.10 bits per heavy atom. The summed E-state index contributed by atoms with van der Waals surface area (Å²) in [7, 11) is 3.44. The van der Waals surface area contributed by atoms with Crippen LogP contribution in [0.5, 0.6) is 0 Å². The summed E-state index contributed by atoms with van der Waals surface area (Å²) in [5.41, 5.74) is 1.86. The Kier molecular flexibility index (Phi) is 18.7. The first-order valence-corrected chi connectivity index (χ1v) is 11.1. The van der Waals surface area contributed by atoms with Crippen LogP contribution in [0, 0.1) is 18.5 Å². The van der Waals surface area contributed by atoms with E-state index in [0.29, 0.717) is 17.7 Å². The second-order valence-corrected chi connectivity index (χ2v) is 7.28. The molecule has 1 aromatic rings. The van der Waals surface area contributed by atoms with Crippen LogP contribution in [0.2, 0.25) is 0 Å². The first-order valence-electron chi connectivity index (χ1n) is 10.7. The zero-order chi connectivity index (χ0) is 22.8. The van der Waals surface area contributed by atoms with Crippen molar-refractivity contribution in [2.45, 2.75) is 86.5 Å². The Labute approximate surface area is 182 Å². The quantitative estimate of drug-likeness (QED) is 0.223. The third-order valence-electron chi connectivity index (χ3n) is 4.48. The number of aromatic nitrogens is 2. The van der Waals surface area contributed by atoms with E-state index in [1.54, 1.807) is 18.7 Å². The molecular formula is C23H42N2O3S. The smallest absolute Gasteiger partial charge is 0.328 e. The lowest BCUT2D eigenvalue weighted by Gasteiger charge is -2.09. The van der Waals surface area contributed by atoms with Gasteiger partial charge >= 0.3 is 11.7 Å². The minimum Gasteiger partial charge on any atom is -0.466 e. The summed E-state index contributed by atoms with van der Waals surface area (Å²) in [4.78, 5) is 22.2. The second kappa shape index (κ2) is 18.3. The predicted octanol–water partition coefficient (Wildman–Crippen LogP) is 5.95. The Bertz CT molecular complexity index is 681. The minimum atomic E-state index is -0.0666. The normalized spacial score (nSPS) is 10.1. The maximum Gasteiger partial charge on any atom is 0.328 e. The summed E-state index contributed by atoms with van der Waals surface area (Å²) < 4.78 is 8.49. The topological polar surface area (TPSA) is 53.2 Å². The molecule has 0 saturated heterocycles. The third-order valence-corrected chi connectivity index (χ3v) is 5.06. The van der Waals surface area contributed by atoms with Crippen molar-refractivity contribution in [3.63, 3.8) is 0 Å². The summed E-state index contributed by atoms with van der Waals surface area (Å²) >= 11 is 5.08. The highest BCUT2D eigenvalue weighted by molar-refractivity contribution is 7.71. The van der Waals surface area contributed by atoms with Crippen LogP contribution in [0.4, 0.5) is 0 Å². The van der Waals surface area contributed by atoms with Crippen LogP contribution in [-0.2, 0) is 23.6 Å². The molecule has 1 heterocycles. The molecular weight excluding hydrogens is 384 g/mol. The Hall–Kier alpha value is -1.69. The zero-order valence-electron chi connectivity index (χ0n) is 19.8. The number of rotatable bonds is 8. The monoisotopic (exact) mass is 426 g/mol. The largest absolute Gasteiger partial charge is 0.466 e. The minimum absolute atomic E-state index is 0.0522. The summed E-state index contributed by atoms with van der Waals surface area (Å²) in [5.74, 6) is -0.0522. The van der Waals surface area contributed by atoms with Crippen molar-refractivity contribution in [2.75, 3.05) is 6.61 Å². The van der Waals surface area contributed by atoms with Gasteiger partial charge in [-0.25, -0.2) is 4.79 Å². The maximum atomic E-state index is 11.4. The molecule has 0 amide bonds. The molecule has 0 spiro atoms. The summed E-state index contributed by atoms with van der Waals surface area (Å²) in [6, 6.07) is 0. The van der Waals surface area contributed by atoms with Gasteiger partial charge in [0.1, 0.15) is 4.64 Å². The van der Waals surface area contributed by atoms with E-state index >= 15 is 0 Å². The third kappa shape index (κ3) is 13.2. The number of ether oxygens (including phenoxy) is 1. The molecule has 0 aliphatic heterocycles. The number of unbranched alkanes of at least 4 members (excludes halogenated alkanes) is 4. The molecule has 1 rings (SSSR count). The summed E-state index contributed by atoms with van der Waals surface area (Å²) in [6.07, 6.45) is 11.9. The lowest BCUT2D eigenvalue weighted by atomic mass is 10.2. The fourth-order valence-electron chi connectivity index (χ4n) is 2.38. The van der Waals surface area contributed by atoms with E-state index in [-0.39, 0.29) is 11.7 Å². The van der Waals surface area contributed by atoms with E-state index in [1.807, 2.05) is 20.8 Å². The average Bonchev–Trinajstić information content (AvgIpc) is 2.72. The van der Waals surface area contributed by atoms with Gasteiger partial charge in [0.25, 0.3) is 0 Å². The van der Waals surface area contributed by atoms with Gasteiger partial charge in [-0.2, -0.15) is 0 Å². The van der Waals surface area contributed by atoms with E-state index in [0.717, 1.165) is 24.1 Å². The molecule has 5 nitrogen and oxygen atoms in total. The van der Waals surface area contributed by atoms with E-state index in [9.17, 15) is 9.59 Å². The Morgan fingerprint density at radius 1 is 1.03 bits per heavy atom. The number of nitrogens with zero attached hydrogens (tertiary/aromatic N) is 2. The van der Waals surface area contributed by atoms with Crippen molar-refractivity contribution in [3.8, 4) is 0 Å². The molecule has 0 N–H and O–H groups in total. The van der Waals surface area contributed by atoms with Crippen molar-refractivity contribution in [2.24, 2.45) is 14.1 Å². The SMILES string of the molecule is C/C=C/CCC.CCCCCCC(=O)OCC.Cc1c(C)n(C)c(=O)n(C)c1=S. The summed E-state index contributed by atoms with van der Waals surface area (Å²) in [6.45, 7) is 12.6. The molecule has 0 aliphatic rings. The fraction of sp³-hybridized carbons (Fsp3) is 0.696. The molecule has 1 aromatic heterocycles. The van der Waals surface area contributed by atoms with Crippen molar-refractivity contribution >= 4 is 18.2 Å². The Balaban J connectivity index is 0. The predicted molar refractivity (Wildman–Crippen MR) is 126 cm³/mol. The van der Waals surface area contributed by atoms with E-state index in [4.69, 9.17) is 17.0 Å². The van der Waals surface area contributed by atoms with E-state index in [1.165, 1.54) is 30.3 Å². The first kappa shape index (κ1) is 29.5. The van der Waals surface area contributed by atoms with Gasteiger partial charge in [0, 0.05) is 31.8 Å². The van der Waals surface area contributed by atoms with E-state index < -0.39 is 0 Å². The molecule has 0 aromatic carbocycles. The lowest BCUT2D eigenvalue weighted by molar-refractivity contribution is -0.143. The standard InChI is InChI=1S/C9H18O2.C8H12N2OS.C6H12/c1-3-5-6-7-8-9(10)11-4-2;1-5-6(2)9(3)8(11)10(4)7(5)12;1-3-5-6-4-2/h3-8H2,1-2H3;1-4H3;3,5H,4,6H2,1-2H3/b;;5-3+. The van der Waals surface area contributed by atoms with Crippen molar-refractivity contribution < 1.29 is 9.53 Å². The molecule has 0 bridgehead atoms. The number of esters is 1. The molecule has 0 fully saturated rings. The Morgan fingerprint density at radius 2 is 1.66 bits per heavy atom. The van der Waals surface area contributed by atoms with Crippen LogP contribution in [0.15, 0.2) is 16.9 Å². The second-order valence-electron chi connectivity index (χ2n) is 6.89. The van der Waals surface area contributed by atoms with Crippen LogP contribution in [-0.4, -0.2) is 21.7 Å². The van der Waals surface area contributed by atoms with Crippen molar-refractivity contribution in [3.05, 3.63) is 38.5 Å². The molecule has 0 atom stereocenters. The van der Waals surface area contributed by atoms with Crippen LogP contribution < -0.4 is 5.69 Å². The molecule has 6 heteroatoms. The number of carbonyl (C=O) groups excluding carboxylic acids is 1. The lowest BCUT2D eigenvalue weighted by Crippen LogP contribution is -2.29. The van der Waals surface area contributed by atoms with Gasteiger partial charge < -0.3 is 9.30 Å². The highest BCUT2D eigenvalue weighted by Gasteiger charge is 2.04. The van der Waals surface area contributed by atoms with Gasteiger partial charge in [-0.05, 0) is 40.5 Å². The van der Waals surface area contributed by atoms with Gasteiger partial charge in [-0.3, -0.25) is 9.36 Å². The highest BCUT2D eigenvalue weighted by Crippen LogP contribution is 2.04.